The van der Waals surface area contributed by atoms with Crippen LogP contribution in [0.25, 0.3) is 11.1 Å². The van der Waals surface area contributed by atoms with Crippen molar-refractivity contribution in [3.8, 4) is 22.6 Å². The Labute approximate surface area is 187 Å². The molecule has 5 nitrogen and oxygen atoms in total. The van der Waals surface area contributed by atoms with Crippen LogP contribution in [0.1, 0.15) is 40.5 Å². The molecule has 0 N–H and O–H groups in total. The SMILES string of the molecule is COc1ccc(OC)c(C(=O)N2CCC(c3cc(-c4ccc(F)cc4)cc(C)n3)CC2)c1. The van der Waals surface area contributed by atoms with Gasteiger partial charge in [-0.3, -0.25) is 9.78 Å². The first kappa shape index (κ1) is 21.8. The lowest BCUT2D eigenvalue weighted by molar-refractivity contribution is 0.0708. The third-order valence-corrected chi connectivity index (χ3v) is 5.99. The minimum absolute atomic E-state index is 0.0524. The van der Waals surface area contributed by atoms with Crippen LogP contribution < -0.4 is 9.47 Å². The number of carbonyl (C=O) groups excluding carboxylic acids is 1. The second-order valence-corrected chi connectivity index (χ2v) is 8.06. The Hall–Kier alpha value is -3.41. The van der Waals surface area contributed by atoms with Crippen LogP contribution in [0, 0.1) is 12.7 Å². The zero-order valence-corrected chi connectivity index (χ0v) is 18.6. The maximum absolute atomic E-state index is 13.3. The van der Waals surface area contributed by atoms with E-state index in [4.69, 9.17) is 14.5 Å². The van der Waals surface area contributed by atoms with Gasteiger partial charge in [0.1, 0.15) is 17.3 Å². The van der Waals surface area contributed by atoms with Crippen molar-refractivity contribution in [1.82, 2.24) is 9.88 Å². The number of halogens is 1. The Morgan fingerprint density at radius 2 is 1.69 bits per heavy atom. The topological polar surface area (TPSA) is 51.7 Å². The molecule has 1 saturated heterocycles. The summed E-state index contributed by atoms with van der Waals surface area (Å²) in [5.74, 6) is 1.14. The first-order valence-electron chi connectivity index (χ1n) is 10.7. The number of piperidine rings is 1. The molecular weight excluding hydrogens is 407 g/mol. The molecule has 1 aromatic heterocycles. The molecule has 0 aliphatic carbocycles. The van der Waals surface area contributed by atoms with Gasteiger partial charge in [0.25, 0.3) is 5.91 Å². The smallest absolute Gasteiger partial charge is 0.257 e. The van der Waals surface area contributed by atoms with Crippen LogP contribution in [0.4, 0.5) is 4.39 Å². The molecule has 4 rings (SSSR count). The van der Waals surface area contributed by atoms with Crippen molar-refractivity contribution >= 4 is 5.91 Å². The number of aryl methyl sites for hydroxylation is 1. The Morgan fingerprint density at radius 1 is 0.969 bits per heavy atom. The summed E-state index contributed by atoms with van der Waals surface area (Å²) in [7, 11) is 3.14. The van der Waals surface area contributed by atoms with Crippen molar-refractivity contribution < 1.29 is 18.7 Å². The number of carbonyl (C=O) groups is 1. The van der Waals surface area contributed by atoms with Gasteiger partial charge in [-0.2, -0.15) is 0 Å². The normalized spacial score (nSPS) is 14.3. The number of nitrogens with zero attached hydrogens (tertiary/aromatic N) is 2. The molecular formula is C26H27FN2O3. The van der Waals surface area contributed by atoms with Crippen LogP contribution in [0.15, 0.2) is 54.6 Å². The van der Waals surface area contributed by atoms with E-state index in [0.717, 1.165) is 35.4 Å². The van der Waals surface area contributed by atoms with E-state index >= 15 is 0 Å². The van der Waals surface area contributed by atoms with Gasteiger partial charge in [0.05, 0.1) is 19.8 Å². The lowest BCUT2D eigenvalue weighted by Gasteiger charge is -2.32. The van der Waals surface area contributed by atoms with Crippen LogP contribution in [-0.2, 0) is 0 Å². The number of hydrogen-bond donors (Lipinski definition) is 0. The van der Waals surface area contributed by atoms with Gasteiger partial charge in [0, 0.05) is 30.4 Å². The molecule has 1 aliphatic heterocycles. The minimum Gasteiger partial charge on any atom is -0.497 e. The van der Waals surface area contributed by atoms with E-state index < -0.39 is 0 Å². The Kier molecular flexibility index (Phi) is 6.40. The predicted molar refractivity (Wildman–Crippen MR) is 122 cm³/mol. The first-order chi connectivity index (χ1) is 15.5. The van der Waals surface area contributed by atoms with E-state index in [1.165, 1.54) is 12.1 Å². The Balaban J connectivity index is 1.49. The largest absolute Gasteiger partial charge is 0.497 e. The second kappa shape index (κ2) is 9.39. The molecule has 6 heteroatoms. The minimum atomic E-state index is -0.246. The number of amides is 1. The van der Waals surface area contributed by atoms with Gasteiger partial charge < -0.3 is 14.4 Å². The van der Waals surface area contributed by atoms with Gasteiger partial charge in [-0.25, -0.2) is 4.39 Å². The third-order valence-electron chi connectivity index (χ3n) is 5.99. The molecule has 0 unspecified atom stereocenters. The zero-order valence-electron chi connectivity index (χ0n) is 18.6. The summed E-state index contributed by atoms with van der Waals surface area (Å²) in [5.41, 5.74) is 4.47. The van der Waals surface area contributed by atoms with E-state index in [-0.39, 0.29) is 17.6 Å². The maximum Gasteiger partial charge on any atom is 0.257 e. The third kappa shape index (κ3) is 4.59. The van der Waals surface area contributed by atoms with Gasteiger partial charge in [0.15, 0.2) is 0 Å². The number of pyridine rings is 1. The molecule has 1 fully saturated rings. The highest BCUT2D eigenvalue weighted by molar-refractivity contribution is 5.97. The molecule has 0 atom stereocenters. The van der Waals surface area contributed by atoms with E-state index in [2.05, 4.69) is 6.07 Å². The van der Waals surface area contributed by atoms with Crippen molar-refractivity contribution in [3.63, 3.8) is 0 Å². The van der Waals surface area contributed by atoms with Crippen LogP contribution in [-0.4, -0.2) is 43.1 Å². The highest BCUT2D eigenvalue weighted by Crippen LogP contribution is 2.32. The highest BCUT2D eigenvalue weighted by atomic mass is 19.1. The van der Waals surface area contributed by atoms with Gasteiger partial charge in [-0.15, -0.1) is 0 Å². The van der Waals surface area contributed by atoms with Crippen molar-refractivity contribution in [3.05, 3.63) is 77.4 Å². The maximum atomic E-state index is 13.3. The van der Waals surface area contributed by atoms with E-state index in [1.807, 2.05) is 17.9 Å². The average Bonchev–Trinajstić information content (AvgIpc) is 2.83. The van der Waals surface area contributed by atoms with Crippen molar-refractivity contribution in [2.45, 2.75) is 25.7 Å². The number of methoxy groups -OCH3 is 2. The standard InChI is InChI=1S/C26H27FN2O3/c1-17-14-20(18-4-6-21(27)7-5-18)15-24(28-17)19-10-12-29(13-11-19)26(30)23-16-22(31-2)8-9-25(23)32-3/h4-9,14-16,19H,10-13H2,1-3H3. The van der Waals surface area contributed by atoms with Crippen molar-refractivity contribution in [2.24, 2.45) is 0 Å². The molecule has 3 aromatic rings. The molecule has 0 bridgehead atoms. The number of likely N-dealkylation sites (tertiary alicyclic amines) is 1. The Bertz CT molecular complexity index is 1110. The molecule has 0 radical (unpaired) electrons. The fourth-order valence-corrected chi connectivity index (χ4v) is 4.24. The fourth-order valence-electron chi connectivity index (χ4n) is 4.24. The fraction of sp³-hybridized carbons (Fsp3) is 0.308. The second-order valence-electron chi connectivity index (χ2n) is 8.06. The molecule has 32 heavy (non-hydrogen) atoms. The van der Waals surface area contributed by atoms with Crippen LogP contribution in [0.5, 0.6) is 11.5 Å². The first-order valence-corrected chi connectivity index (χ1v) is 10.7. The van der Waals surface area contributed by atoms with Crippen LogP contribution in [0.3, 0.4) is 0 Å². The van der Waals surface area contributed by atoms with Gasteiger partial charge in [-0.1, -0.05) is 12.1 Å². The Morgan fingerprint density at radius 3 is 2.34 bits per heavy atom. The molecule has 2 aromatic carbocycles. The number of benzene rings is 2. The highest BCUT2D eigenvalue weighted by Gasteiger charge is 2.27. The summed E-state index contributed by atoms with van der Waals surface area (Å²) >= 11 is 0. The number of ether oxygens (including phenoxy) is 2. The average molecular weight is 435 g/mol. The molecule has 0 saturated carbocycles. The summed E-state index contributed by atoms with van der Waals surface area (Å²) in [5, 5.41) is 0. The van der Waals surface area contributed by atoms with Gasteiger partial charge in [-0.05, 0) is 73.4 Å². The van der Waals surface area contributed by atoms with Gasteiger partial charge >= 0.3 is 0 Å². The van der Waals surface area contributed by atoms with Crippen LogP contribution in [0.2, 0.25) is 0 Å². The predicted octanol–water partition coefficient (Wildman–Crippen LogP) is 5.23. The number of aromatic nitrogens is 1. The lowest BCUT2D eigenvalue weighted by Crippen LogP contribution is -2.38. The zero-order chi connectivity index (χ0) is 22.7. The lowest BCUT2D eigenvalue weighted by atomic mass is 9.91. The summed E-state index contributed by atoms with van der Waals surface area (Å²) in [6.07, 6.45) is 1.66. The molecule has 1 aliphatic rings. The summed E-state index contributed by atoms with van der Waals surface area (Å²) in [4.78, 5) is 19.8. The summed E-state index contributed by atoms with van der Waals surface area (Å²) < 4.78 is 24.0. The van der Waals surface area contributed by atoms with Crippen LogP contribution >= 0.6 is 0 Å². The van der Waals surface area contributed by atoms with E-state index in [0.29, 0.717) is 30.2 Å². The number of hydrogen-bond acceptors (Lipinski definition) is 4. The molecule has 2 heterocycles. The monoisotopic (exact) mass is 434 g/mol. The molecule has 0 spiro atoms. The quantitative estimate of drug-likeness (QED) is 0.552. The van der Waals surface area contributed by atoms with Crippen molar-refractivity contribution in [2.75, 3.05) is 27.3 Å². The van der Waals surface area contributed by atoms with Crippen molar-refractivity contribution in [1.29, 1.82) is 0 Å². The summed E-state index contributed by atoms with van der Waals surface area (Å²) in [6.45, 7) is 3.26. The van der Waals surface area contributed by atoms with E-state index in [1.54, 1.807) is 44.6 Å². The van der Waals surface area contributed by atoms with E-state index in [9.17, 15) is 9.18 Å². The molecule has 166 valence electrons. The summed E-state index contributed by atoms with van der Waals surface area (Å²) in [6, 6.07) is 15.9. The number of rotatable bonds is 5. The van der Waals surface area contributed by atoms with Gasteiger partial charge in [0.2, 0.25) is 0 Å². The molecule has 1 amide bonds.